The molecule has 2 aromatic heterocycles. The van der Waals surface area contributed by atoms with Gasteiger partial charge in [-0.3, -0.25) is 4.79 Å². The summed E-state index contributed by atoms with van der Waals surface area (Å²) in [7, 11) is 0. The van der Waals surface area contributed by atoms with Crippen LogP contribution in [0.2, 0.25) is 5.02 Å². The van der Waals surface area contributed by atoms with E-state index in [0.717, 1.165) is 10.9 Å². The lowest BCUT2D eigenvalue weighted by Gasteiger charge is -2.10. The number of rotatable bonds is 4. The Labute approximate surface area is 136 Å². The second-order valence-corrected chi connectivity index (χ2v) is 6.03. The summed E-state index contributed by atoms with van der Waals surface area (Å²) >= 11 is 7.44. The summed E-state index contributed by atoms with van der Waals surface area (Å²) in [5, 5.41) is 17.9. The first-order valence-corrected chi connectivity index (χ1v) is 8.00. The van der Waals surface area contributed by atoms with E-state index in [1.807, 2.05) is 29.0 Å². The quantitative estimate of drug-likeness (QED) is 0.769. The van der Waals surface area contributed by atoms with E-state index in [1.54, 1.807) is 18.2 Å². The molecule has 3 aromatic rings. The molecule has 0 aliphatic carbocycles. The summed E-state index contributed by atoms with van der Waals surface area (Å²) in [4.78, 5) is 16.4. The van der Waals surface area contributed by atoms with E-state index in [-0.39, 0.29) is 12.5 Å². The zero-order chi connectivity index (χ0) is 15.5. The summed E-state index contributed by atoms with van der Waals surface area (Å²) in [6, 6.07) is 10.7. The summed E-state index contributed by atoms with van der Waals surface area (Å²) in [6.45, 7) is 0.144. The Bertz CT molecular complexity index is 805. The van der Waals surface area contributed by atoms with Crippen molar-refractivity contribution in [3.63, 3.8) is 0 Å². The molecule has 1 aromatic carbocycles. The number of hydrogen-bond acceptors (Lipinski definition) is 4. The summed E-state index contributed by atoms with van der Waals surface area (Å²) in [5.74, 6) is -0.323. The maximum atomic E-state index is 12.1. The second-order valence-electron chi connectivity index (χ2n) is 4.82. The monoisotopic (exact) mass is 332 g/mol. The largest absolute Gasteiger partial charge is 0.387 e. The zero-order valence-electron chi connectivity index (χ0n) is 11.5. The van der Waals surface area contributed by atoms with Gasteiger partial charge < -0.3 is 10.4 Å². The van der Waals surface area contributed by atoms with Crippen molar-refractivity contribution in [1.82, 2.24) is 10.3 Å². The van der Waals surface area contributed by atoms with Gasteiger partial charge in [0, 0.05) is 17.0 Å². The molecule has 0 aliphatic heterocycles. The third kappa shape index (κ3) is 3.27. The van der Waals surface area contributed by atoms with Gasteiger partial charge in [0.1, 0.15) is 5.69 Å². The predicted octanol–water partition coefficient (Wildman–Crippen LogP) is 3.41. The number of amides is 1. The average molecular weight is 333 g/mol. The van der Waals surface area contributed by atoms with E-state index < -0.39 is 6.10 Å². The van der Waals surface area contributed by atoms with Crippen LogP contribution in [0.25, 0.3) is 10.9 Å². The number of pyridine rings is 1. The van der Waals surface area contributed by atoms with Gasteiger partial charge in [-0.15, -0.1) is 0 Å². The maximum Gasteiger partial charge on any atom is 0.270 e. The van der Waals surface area contributed by atoms with Crippen LogP contribution in [0.1, 0.15) is 22.2 Å². The van der Waals surface area contributed by atoms with Gasteiger partial charge in [-0.05, 0) is 40.6 Å². The van der Waals surface area contributed by atoms with Gasteiger partial charge in [0.25, 0.3) is 5.91 Å². The highest BCUT2D eigenvalue weighted by atomic mass is 35.5. The molecule has 0 saturated heterocycles. The number of nitrogens with zero attached hydrogens (tertiary/aromatic N) is 1. The number of aliphatic hydroxyl groups excluding tert-OH is 1. The van der Waals surface area contributed by atoms with Crippen LogP contribution < -0.4 is 5.32 Å². The zero-order valence-corrected chi connectivity index (χ0v) is 13.1. The molecule has 4 nitrogen and oxygen atoms in total. The smallest absolute Gasteiger partial charge is 0.270 e. The van der Waals surface area contributed by atoms with Gasteiger partial charge in [-0.1, -0.05) is 23.7 Å². The number of nitrogens with one attached hydrogen (secondary N) is 1. The number of halogens is 1. The molecule has 0 radical (unpaired) electrons. The topological polar surface area (TPSA) is 62.2 Å². The minimum absolute atomic E-state index is 0.144. The number of aliphatic hydroxyl groups is 1. The Morgan fingerprint density at radius 3 is 2.91 bits per heavy atom. The molecular weight excluding hydrogens is 320 g/mol. The first-order chi connectivity index (χ1) is 10.6. The lowest BCUT2D eigenvalue weighted by atomic mass is 10.2. The van der Waals surface area contributed by atoms with Crippen LogP contribution in [0.3, 0.4) is 0 Å². The highest BCUT2D eigenvalue weighted by Crippen LogP contribution is 2.18. The van der Waals surface area contributed by atoms with Gasteiger partial charge in [-0.2, -0.15) is 11.3 Å². The van der Waals surface area contributed by atoms with Gasteiger partial charge in [0.15, 0.2) is 0 Å². The molecule has 1 unspecified atom stereocenters. The van der Waals surface area contributed by atoms with E-state index in [2.05, 4.69) is 10.3 Å². The van der Waals surface area contributed by atoms with Crippen LogP contribution in [0.4, 0.5) is 0 Å². The van der Waals surface area contributed by atoms with Crippen LogP contribution in [-0.2, 0) is 0 Å². The highest BCUT2D eigenvalue weighted by Gasteiger charge is 2.12. The van der Waals surface area contributed by atoms with Crippen molar-refractivity contribution in [2.45, 2.75) is 6.10 Å². The van der Waals surface area contributed by atoms with Crippen molar-refractivity contribution >= 4 is 39.7 Å². The number of carbonyl (C=O) groups excluding carboxylic acids is 1. The first-order valence-electron chi connectivity index (χ1n) is 6.68. The van der Waals surface area contributed by atoms with Crippen molar-refractivity contribution in [1.29, 1.82) is 0 Å². The number of aromatic nitrogens is 1. The Hall–Kier alpha value is -1.95. The van der Waals surface area contributed by atoms with Gasteiger partial charge in [0.05, 0.1) is 11.6 Å². The molecule has 0 bridgehead atoms. The number of carbonyl (C=O) groups is 1. The Morgan fingerprint density at radius 1 is 1.32 bits per heavy atom. The van der Waals surface area contributed by atoms with Crippen LogP contribution >= 0.6 is 22.9 Å². The van der Waals surface area contributed by atoms with Crippen molar-refractivity contribution in [2.24, 2.45) is 0 Å². The van der Waals surface area contributed by atoms with Gasteiger partial charge >= 0.3 is 0 Å². The number of thiophene rings is 1. The molecule has 3 rings (SSSR count). The molecule has 0 saturated carbocycles. The lowest BCUT2D eigenvalue weighted by molar-refractivity contribution is 0.0912. The van der Waals surface area contributed by atoms with Crippen LogP contribution in [-0.4, -0.2) is 22.5 Å². The molecule has 0 spiro atoms. The fourth-order valence-electron chi connectivity index (χ4n) is 2.08. The van der Waals surface area contributed by atoms with E-state index >= 15 is 0 Å². The second kappa shape index (κ2) is 6.44. The molecular formula is C16H13ClN2O2S. The fourth-order valence-corrected chi connectivity index (χ4v) is 2.95. The van der Waals surface area contributed by atoms with Crippen molar-refractivity contribution in [2.75, 3.05) is 6.54 Å². The van der Waals surface area contributed by atoms with E-state index in [9.17, 15) is 9.90 Å². The molecule has 112 valence electrons. The molecule has 1 amide bonds. The number of fused-ring (bicyclic) bond motifs is 1. The standard InChI is InChI=1S/C16H13ClN2O2S/c17-12-3-1-10-2-4-13(19-14(10)7-12)16(21)18-8-15(20)11-5-6-22-9-11/h1-7,9,15,20H,8H2,(H,18,21). The first kappa shape index (κ1) is 15.0. The molecule has 0 aliphatic rings. The molecule has 6 heteroatoms. The third-order valence-corrected chi connectivity index (χ3v) is 4.21. The Morgan fingerprint density at radius 2 is 2.14 bits per heavy atom. The molecule has 2 heterocycles. The highest BCUT2D eigenvalue weighted by molar-refractivity contribution is 7.07. The average Bonchev–Trinajstić information content (AvgIpc) is 3.06. The molecule has 22 heavy (non-hydrogen) atoms. The fraction of sp³-hybridized carbons (Fsp3) is 0.125. The van der Waals surface area contributed by atoms with Crippen LogP contribution in [0.5, 0.6) is 0 Å². The van der Waals surface area contributed by atoms with Crippen molar-refractivity contribution < 1.29 is 9.90 Å². The van der Waals surface area contributed by atoms with Crippen LogP contribution in [0, 0.1) is 0 Å². The van der Waals surface area contributed by atoms with Crippen LogP contribution in [0.15, 0.2) is 47.2 Å². The van der Waals surface area contributed by atoms with E-state index in [1.165, 1.54) is 11.3 Å². The normalized spacial score (nSPS) is 12.3. The van der Waals surface area contributed by atoms with Crippen molar-refractivity contribution in [3.05, 3.63) is 63.4 Å². The number of hydrogen-bond donors (Lipinski definition) is 2. The lowest BCUT2D eigenvalue weighted by Crippen LogP contribution is -2.28. The van der Waals surface area contributed by atoms with E-state index in [0.29, 0.717) is 16.2 Å². The summed E-state index contributed by atoms with van der Waals surface area (Å²) < 4.78 is 0. The van der Waals surface area contributed by atoms with E-state index in [4.69, 9.17) is 11.6 Å². The molecule has 0 fully saturated rings. The Kier molecular flexibility index (Phi) is 4.38. The van der Waals surface area contributed by atoms with Crippen molar-refractivity contribution in [3.8, 4) is 0 Å². The summed E-state index contributed by atoms with van der Waals surface area (Å²) in [6.07, 6.45) is -0.717. The summed E-state index contributed by atoms with van der Waals surface area (Å²) in [5.41, 5.74) is 1.76. The minimum Gasteiger partial charge on any atom is -0.387 e. The SMILES string of the molecule is O=C(NCC(O)c1ccsc1)c1ccc2ccc(Cl)cc2n1. The van der Waals surface area contributed by atoms with Gasteiger partial charge in [-0.25, -0.2) is 4.98 Å². The molecule has 1 atom stereocenters. The van der Waals surface area contributed by atoms with Gasteiger partial charge in [0.2, 0.25) is 0 Å². The predicted molar refractivity (Wildman–Crippen MR) is 88.4 cm³/mol. The third-order valence-electron chi connectivity index (χ3n) is 3.27. The molecule has 2 N–H and O–H groups in total. The number of benzene rings is 1. The Balaban J connectivity index is 1.72. The minimum atomic E-state index is -0.717. The maximum absolute atomic E-state index is 12.1.